The summed E-state index contributed by atoms with van der Waals surface area (Å²) in [6.45, 7) is 5.97. The van der Waals surface area contributed by atoms with Gasteiger partial charge in [-0.1, -0.05) is 0 Å². The average molecular weight is 188 g/mol. The summed E-state index contributed by atoms with van der Waals surface area (Å²) in [7, 11) is 0. The van der Waals surface area contributed by atoms with Crippen LogP contribution in [-0.2, 0) is 0 Å². The van der Waals surface area contributed by atoms with Gasteiger partial charge >= 0.3 is 65.0 Å². The van der Waals surface area contributed by atoms with Crippen LogP contribution in [0, 0.1) is 0 Å². The topological polar surface area (TPSA) is 0 Å². The Morgan fingerprint density at radius 1 is 1.44 bits per heavy atom. The van der Waals surface area contributed by atoms with E-state index in [0.717, 1.165) is 0 Å². The van der Waals surface area contributed by atoms with Gasteiger partial charge in [-0.3, -0.25) is 0 Å². The zero-order valence-corrected chi connectivity index (χ0v) is 8.42. The molecule has 0 aliphatic heterocycles. The van der Waals surface area contributed by atoms with Gasteiger partial charge in [0.1, 0.15) is 0 Å². The minimum absolute atomic E-state index is 0.379. The van der Waals surface area contributed by atoms with Crippen molar-refractivity contribution in [2.24, 2.45) is 0 Å². The Morgan fingerprint density at radius 2 is 2.22 bits per heavy atom. The van der Waals surface area contributed by atoms with Crippen molar-refractivity contribution in [3.8, 4) is 0 Å². The van der Waals surface area contributed by atoms with Gasteiger partial charge in [-0.2, -0.15) is 0 Å². The Balaban J connectivity index is 2.66. The fourth-order valence-electron chi connectivity index (χ4n) is 0.704. The molecule has 0 aromatic heterocycles. The second kappa shape index (κ2) is 8.30. The summed E-state index contributed by atoms with van der Waals surface area (Å²) < 4.78 is 0. The van der Waals surface area contributed by atoms with Gasteiger partial charge in [-0.15, -0.1) is 0 Å². The molecule has 54 valence electrons. The zero-order valence-electron chi connectivity index (χ0n) is 6.32. The molecule has 0 nitrogen and oxygen atoms in total. The Kier molecular flexibility index (Phi) is 8.57. The van der Waals surface area contributed by atoms with Crippen molar-refractivity contribution in [1.82, 2.24) is 0 Å². The number of rotatable bonds is 6. The number of allylic oxidation sites excluding steroid dienone is 1. The molecule has 0 aromatic rings. The number of hydrogen-bond donors (Lipinski definition) is 0. The third-order valence-electron chi connectivity index (χ3n) is 1.25. The molecule has 0 heterocycles. The van der Waals surface area contributed by atoms with Gasteiger partial charge < -0.3 is 0 Å². The third-order valence-corrected chi connectivity index (χ3v) is 3.94. The summed E-state index contributed by atoms with van der Waals surface area (Å²) in [6.07, 6.45) is 6.32. The predicted molar refractivity (Wildman–Crippen MR) is 46.5 cm³/mol. The van der Waals surface area contributed by atoms with Crippen LogP contribution in [0.25, 0.3) is 0 Å². The molecular weight excluding hydrogens is 171 g/mol. The summed E-state index contributed by atoms with van der Waals surface area (Å²) in [5, 5.41) is 2.84. The van der Waals surface area contributed by atoms with Crippen molar-refractivity contribution >= 4 is 15.8 Å². The first-order valence-electron chi connectivity index (χ1n) is 3.73. The van der Waals surface area contributed by atoms with E-state index < -0.39 is 0 Å². The molecule has 0 saturated heterocycles. The van der Waals surface area contributed by atoms with E-state index in [0.29, 0.717) is 15.8 Å². The summed E-state index contributed by atoms with van der Waals surface area (Å²) in [5.74, 6) is 0. The van der Waals surface area contributed by atoms with Gasteiger partial charge in [0.15, 0.2) is 0 Å². The number of unbranched alkanes of at least 4 members (excludes halogenated alkanes) is 2. The fraction of sp³-hybridized carbons (Fsp3) is 0.750. The molecule has 0 radical (unpaired) electrons. The van der Waals surface area contributed by atoms with Crippen molar-refractivity contribution in [3.63, 3.8) is 0 Å². The zero-order chi connectivity index (χ0) is 6.95. The van der Waals surface area contributed by atoms with Crippen LogP contribution in [0.2, 0.25) is 10.4 Å². The Bertz CT molecular complexity index is 59.6. The van der Waals surface area contributed by atoms with Crippen molar-refractivity contribution in [2.45, 2.75) is 36.6 Å². The molecule has 0 spiro atoms. The van der Waals surface area contributed by atoms with E-state index >= 15 is 0 Å². The molecule has 1 heteroatoms. The first kappa shape index (κ1) is 9.30. The molecule has 1 unspecified atom stereocenters. The molecule has 1 atom stereocenters. The summed E-state index contributed by atoms with van der Waals surface area (Å²) >= 11 is 0.379. The van der Waals surface area contributed by atoms with Crippen LogP contribution >= 0.6 is 0 Å². The quantitative estimate of drug-likeness (QED) is 0.341. The van der Waals surface area contributed by atoms with E-state index in [1.165, 1.54) is 29.7 Å². The van der Waals surface area contributed by atoms with E-state index in [1.54, 1.807) is 0 Å². The van der Waals surface area contributed by atoms with E-state index in [9.17, 15) is 0 Å². The van der Waals surface area contributed by atoms with Crippen molar-refractivity contribution < 1.29 is 0 Å². The van der Waals surface area contributed by atoms with E-state index in [-0.39, 0.29) is 0 Å². The predicted octanol–water partition coefficient (Wildman–Crippen LogP) is 2.64. The second-order valence-corrected chi connectivity index (χ2v) is 5.15. The Hall–Kier alpha value is 0.298. The van der Waals surface area contributed by atoms with Gasteiger partial charge in [0, 0.05) is 0 Å². The van der Waals surface area contributed by atoms with Gasteiger partial charge in [0.05, 0.1) is 0 Å². The van der Waals surface area contributed by atoms with Crippen molar-refractivity contribution in [1.29, 1.82) is 0 Å². The molecule has 0 saturated carbocycles. The average Bonchev–Trinajstić information content (AvgIpc) is 1.89. The fourth-order valence-corrected chi connectivity index (χ4v) is 2.61. The maximum absolute atomic E-state index is 3.71. The molecule has 0 rings (SSSR count). The van der Waals surface area contributed by atoms with Crippen molar-refractivity contribution in [2.75, 3.05) is 0 Å². The second-order valence-electron chi connectivity index (χ2n) is 2.20. The van der Waals surface area contributed by atoms with Crippen LogP contribution in [0.1, 0.15) is 26.2 Å². The van der Waals surface area contributed by atoms with Crippen molar-refractivity contribution in [3.05, 3.63) is 12.7 Å². The van der Waals surface area contributed by atoms with Crippen LogP contribution in [0.15, 0.2) is 12.7 Å². The van der Waals surface area contributed by atoms with Crippen LogP contribution in [0.5, 0.6) is 0 Å². The standard InChI is InChI=1S/C8H17As/c1-3-5-6-8-9-7-4-2/h4,9H,2-3,5-8H2,1H3. The SMILES string of the molecule is C=CC[AsH]CCCCC. The first-order chi connectivity index (χ1) is 4.41. The minimum atomic E-state index is 0.379. The van der Waals surface area contributed by atoms with Crippen LogP contribution in [0.4, 0.5) is 0 Å². The summed E-state index contributed by atoms with van der Waals surface area (Å²) in [4.78, 5) is 0. The van der Waals surface area contributed by atoms with Gasteiger partial charge in [0.2, 0.25) is 0 Å². The van der Waals surface area contributed by atoms with E-state index in [1.807, 2.05) is 0 Å². The van der Waals surface area contributed by atoms with Crippen LogP contribution in [0.3, 0.4) is 0 Å². The molecular formula is C8H17As. The summed E-state index contributed by atoms with van der Waals surface area (Å²) in [5.41, 5.74) is 0. The molecule has 0 fully saturated rings. The summed E-state index contributed by atoms with van der Waals surface area (Å²) in [6, 6.07) is 0. The van der Waals surface area contributed by atoms with Gasteiger partial charge in [0.25, 0.3) is 0 Å². The molecule has 0 N–H and O–H groups in total. The van der Waals surface area contributed by atoms with Gasteiger partial charge in [-0.25, -0.2) is 0 Å². The molecule has 0 bridgehead atoms. The molecule has 0 aromatic carbocycles. The van der Waals surface area contributed by atoms with Gasteiger partial charge in [-0.05, 0) is 0 Å². The monoisotopic (exact) mass is 188 g/mol. The molecule has 9 heavy (non-hydrogen) atoms. The number of hydrogen-bond acceptors (Lipinski definition) is 0. The first-order valence-corrected chi connectivity index (χ1v) is 6.70. The van der Waals surface area contributed by atoms with E-state index in [2.05, 4.69) is 19.6 Å². The maximum atomic E-state index is 3.71. The Labute approximate surface area is 65.4 Å². The normalized spacial score (nSPS) is 10.8. The molecule has 0 amide bonds. The van der Waals surface area contributed by atoms with Crippen LogP contribution in [-0.4, -0.2) is 15.8 Å². The Morgan fingerprint density at radius 3 is 2.78 bits per heavy atom. The van der Waals surface area contributed by atoms with E-state index in [4.69, 9.17) is 0 Å². The third kappa shape index (κ3) is 8.30. The molecule has 0 aliphatic carbocycles. The molecule has 0 aliphatic rings. The van der Waals surface area contributed by atoms with Crippen LogP contribution < -0.4 is 0 Å².